The number of rotatable bonds is 5. The average Bonchev–Trinajstić information content (AvgIpc) is 3.26. The molecular weight excluding hydrogens is 317 g/mol. The van der Waals surface area contributed by atoms with Crippen LogP contribution < -0.4 is 5.32 Å². The van der Waals surface area contributed by atoms with Crippen molar-refractivity contribution < 1.29 is 17.6 Å². The highest BCUT2D eigenvalue weighted by atomic mass is 35.7. The van der Waals surface area contributed by atoms with Crippen molar-refractivity contribution in [1.82, 2.24) is 5.32 Å². The highest BCUT2D eigenvalue weighted by Crippen LogP contribution is 2.44. The minimum atomic E-state index is -4.10. The molecule has 0 spiro atoms. The molecule has 0 saturated heterocycles. The molecular formula is C14H15ClFNO3S. The van der Waals surface area contributed by atoms with E-state index >= 15 is 0 Å². The number of carbonyl (C=O) groups is 1. The highest BCUT2D eigenvalue weighted by molar-refractivity contribution is 8.13. The molecule has 1 amide bonds. The predicted molar refractivity (Wildman–Crippen MR) is 76.1 cm³/mol. The van der Waals surface area contributed by atoms with Crippen LogP contribution in [0.2, 0.25) is 0 Å². The molecule has 2 saturated carbocycles. The topological polar surface area (TPSA) is 63.2 Å². The summed E-state index contributed by atoms with van der Waals surface area (Å²) in [6, 6.07) is 2.98. The van der Waals surface area contributed by atoms with E-state index < -0.39 is 20.8 Å². The maximum absolute atomic E-state index is 13.4. The smallest absolute Gasteiger partial charge is 0.262 e. The fourth-order valence-corrected chi connectivity index (χ4v) is 3.70. The zero-order chi connectivity index (χ0) is 15.2. The van der Waals surface area contributed by atoms with Crippen LogP contribution in [0.5, 0.6) is 0 Å². The summed E-state index contributed by atoms with van der Waals surface area (Å²) in [5, 5.41) is 2.87. The third kappa shape index (κ3) is 3.37. The first kappa shape index (κ1) is 14.8. The summed E-state index contributed by atoms with van der Waals surface area (Å²) >= 11 is 0. The third-order valence-electron chi connectivity index (χ3n) is 4.01. The van der Waals surface area contributed by atoms with Gasteiger partial charge in [-0.25, -0.2) is 12.8 Å². The molecule has 1 aromatic carbocycles. The van der Waals surface area contributed by atoms with E-state index in [1.54, 1.807) is 0 Å². The van der Waals surface area contributed by atoms with Crippen molar-refractivity contribution in [2.75, 3.05) is 0 Å². The van der Waals surface area contributed by atoms with Gasteiger partial charge >= 0.3 is 0 Å². The van der Waals surface area contributed by atoms with Crippen molar-refractivity contribution in [3.8, 4) is 0 Å². The molecule has 7 heteroatoms. The van der Waals surface area contributed by atoms with E-state index in [0.717, 1.165) is 43.9 Å². The number of hydrogen-bond donors (Lipinski definition) is 1. The van der Waals surface area contributed by atoms with Gasteiger partial charge in [0.25, 0.3) is 15.0 Å². The van der Waals surface area contributed by atoms with Gasteiger partial charge in [0.2, 0.25) is 0 Å². The van der Waals surface area contributed by atoms with Crippen molar-refractivity contribution in [3.63, 3.8) is 0 Å². The lowest BCUT2D eigenvalue weighted by Gasteiger charge is -2.18. The number of amides is 1. The lowest BCUT2D eigenvalue weighted by Crippen LogP contribution is -2.38. The Morgan fingerprint density at radius 1 is 1.24 bits per heavy atom. The summed E-state index contributed by atoms with van der Waals surface area (Å²) in [6.07, 6.45) is 4.30. The molecule has 21 heavy (non-hydrogen) atoms. The van der Waals surface area contributed by atoms with E-state index in [0.29, 0.717) is 11.8 Å². The Hall–Kier alpha value is -1.14. The van der Waals surface area contributed by atoms with Crippen LogP contribution in [0, 0.1) is 17.7 Å². The van der Waals surface area contributed by atoms with Crippen molar-refractivity contribution in [2.45, 2.75) is 36.6 Å². The van der Waals surface area contributed by atoms with Gasteiger partial charge in [0.15, 0.2) is 0 Å². The Morgan fingerprint density at radius 2 is 1.81 bits per heavy atom. The second kappa shape index (κ2) is 5.25. The molecule has 4 nitrogen and oxygen atoms in total. The van der Waals surface area contributed by atoms with E-state index in [4.69, 9.17) is 10.7 Å². The van der Waals surface area contributed by atoms with Gasteiger partial charge in [-0.15, -0.1) is 0 Å². The molecule has 0 bridgehead atoms. The largest absolute Gasteiger partial charge is 0.349 e. The third-order valence-corrected chi connectivity index (χ3v) is 5.39. The minimum Gasteiger partial charge on any atom is -0.349 e. The average molecular weight is 332 g/mol. The Kier molecular flexibility index (Phi) is 3.69. The van der Waals surface area contributed by atoms with Crippen molar-refractivity contribution in [1.29, 1.82) is 0 Å². The lowest BCUT2D eigenvalue weighted by molar-refractivity contribution is 0.0922. The molecule has 3 rings (SSSR count). The van der Waals surface area contributed by atoms with Gasteiger partial charge in [-0.05, 0) is 55.7 Å². The summed E-state index contributed by atoms with van der Waals surface area (Å²) in [7, 11) is 1.22. The Morgan fingerprint density at radius 3 is 2.29 bits per heavy atom. The molecule has 2 fully saturated rings. The van der Waals surface area contributed by atoms with Crippen molar-refractivity contribution >= 4 is 25.6 Å². The lowest BCUT2D eigenvalue weighted by atomic mass is 10.1. The van der Waals surface area contributed by atoms with Gasteiger partial charge in [0, 0.05) is 16.7 Å². The summed E-state index contributed by atoms with van der Waals surface area (Å²) in [5.74, 6) is -0.312. The molecule has 1 N–H and O–H groups in total. The number of carbonyl (C=O) groups excluding carboxylic acids is 1. The number of nitrogens with one attached hydrogen (secondary N) is 1. The van der Waals surface area contributed by atoms with Crippen LogP contribution in [-0.2, 0) is 9.05 Å². The molecule has 0 aromatic heterocycles. The van der Waals surface area contributed by atoms with Crippen LogP contribution in [0.4, 0.5) is 4.39 Å². The Bertz CT molecular complexity index is 671. The molecule has 0 heterocycles. The standard InChI is InChI=1S/C14H15ClFNO3S/c15-21(19,20)12-6-5-10(16)7-11(12)14(18)17-13(8-1-2-8)9-3-4-9/h5-9,13H,1-4H2,(H,17,18). The fourth-order valence-electron chi connectivity index (χ4n) is 2.65. The van der Waals surface area contributed by atoms with Gasteiger partial charge < -0.3 is 5.32 Å². The predicted octanol–water partition coefficient (Wildman–Crippen LogP) is 2.67. The molecule has 0 atom stereocenters. The highest BCUT2D eigenvalue weighted by Gasteiger charge is 2.42. The molecule has 2 aliphatic carbocycles. The molecule has 1 aromatic rings. The second-order valence-corrected chi connectivity index (χ2v) is 8.29. The van der Waals surface area contributed by atoms with Crippen LogP contribution in [0.1, 0.15) is 36.0 Å². The van der Waals surface area contributed by atoms with E-state index in [2.05, 4.69) is 5.32 Å². The Labute approximate surface area is 127 Å². The quantitative estimate of drug-likeness (QED) is 0.844. The van der Waals surface area contributed by atoms with Crippen molar-refractivity contribution in [3.05, 3.63) is 29.6 Å². The summed E-state index contributed by atoms with van der Waals surface area (Å²) in [4.78, 5) is 12.0. The summed E-state index contributed by atoms with van der Waals surface area (Å²) in [5.41, 5.74) is -0.226. The molecule has 0 radical (unpaired) electrons. The SMILES string of the molecule is O=C(NC(C1CC1)C1CC1)c1cc(F)ccc1S(=O)(=O)Cl. The number of benzene rings is 1. The molecule has 114 valence electrons. The van der Waals surface area contributed by atoms with E-state index in [9.17, 15) is 17.6 Å². The first-order valence-corrected chi connectivity index (χ1v) is 9.22. The molecule has 0 aliphatic heterocycles. The van der Waals surface area contributed by atoms with Gasteiger partial charge in [0.05, 0.1) is 10.5 Å². The van der Waals surface area contributed by atoms with Gasteiger partial charge in [0.1, 0.15) is 5.82 Å². The monoisotopic (exact) mass is 331 g/mol. The zero-order valence-corrected chi connectivity index (χ0v) is 12.8. The minimum absolute atomic E-state index is 0.0617. The van der Waals surface area contributed by atoms with Gasteiger partial charge in [-0.1, -0.05) is 0 Å². The van der Waals surface area contributed by atoms with E-state index in [1.807, 2.05) is 0 Å². The van der Waals surface area contributed by atoms with Gasteiger partial charge in [-0.3, -0.25) is 4.79 Å². The number of hydrogen-bond acceptors (Lipinski definition) is 3. The van der Waals surface area contributed by atoms with E-state index in [-0.39, 0.29) is 16.5 Å². The molecule has 2 aliphatic rings. The summed E-state index contributed by atoms with van der Waals surface area (Å²) in [6.45, 7) is 0. The van der Waals surface area contributed by atoms with Crippen LogP contribution >= 0.6 is 10.7 Å². The zero-order valence-electron chi connectivity index (χ0n) is 11.2. The van der Waals surface area contributed by atoms with Crippen LogP contribution in [0.15, 0.2) is 23.1 Å². The normalized spacial score (nSPS) is 18.8. The first-order valence-electron chi connectivity index (χ1n) is 6.91. The van der Waals surface area contributed by atoms with Gasteiger partial charge in [-0.2, -0.15) is 0 Å². The number of halogens is 2. The first-order chi connectivity index (χ1) is 9.86. The van der Waals surface area contributed by atoms with E-state index in [1.165, 1.54) is 0 Å². The Balaban J connectivity index is 1.88. The fraction of sp³-hybridized carbons (Fsp3) is 0.500. The van der Waals surface area contributed by atoms with Crippen molar-refractivity contribution in [2.24, 2.45) is 11.8 Å². The van der Waals surface area contributed by atoms with Crippen LogP contribution in [-0.4, -0.2) is 20.4 Å². The maximum atomic E-state index is 13.4. The second-order valence-electron chi connectivity index (χ2n) is 5.75. The van der Waals surface area contributed by atoms with Crippen LogP contribution in [0.25, 0.3) is 0 Å². The van der Waals surface area contributed by atoms with Crippen LogP contribution in [0.3, 0.4) is 0 Å². The maximum Gasteiger partial charge on any atom is 0.262 e. The molecule has 0 unspecified atom stereocenters. The summed E-state index contributed by atoms with van der Waals surface area (Å²) < 4.78 is 36.4.